The Morgan fingerprint density at radius 3 is 2.63 bits per heavy atom. The van der Waals surface area contributed by atoms with Gasteiger partial charge in [-0.2, -0.15) is 0 Å². The molecule has 100 valence electrons. The summed E-state index contributed by atoms with van der Waals surface area (Å²) in [7, 11) is 1.87. The zero-order valence-electron chi connectivity index (χ0n) is 11.5. The topological polar surface area (TPSA) is 34.1 Å². The fraction of sp³-hybridized carbons (Fsp3) is 0.312. The Hall–Kier alpha value is -2.03. The molecule has 0 saturated carbocycles. The van der Waals surface area contributed by atoms with Crippen molar-refractivity contribution in [2.45, 2.75) is 26.4 Å². The molecule has 0 atom stereocenters. The van der Waals surface area contributed by atoms with Crippen LogP contribution in [-0.4, -0.2) is 12.0 Å². The molecule has 2 aromatic rings. The van der Waals surface area contributed by atoms with E-state index < -0.39 is 0 Å². The van der Waals surface area contributed by atoms with Gasteiger partial charge in [-0.05, 0) is 30.2 Å². The lowest BCUT2D eigenvalue weighted by atomic mass is 10.1. The van der Waals surface area contributed by atoms with Crippen LogP contribution in [0.5, 0.6) is 5.75 Å². The first-order chi connectivity index (χ1) is 9.33. The second-order valence-electron chi connectivity index (χ2n) is 4.44. The lowest BCUT2D eigenvalue weighted by molar-refractivity contribution is 0.306. The van der Waals surface area contributed by atoms with Gasteiger partial charge < -0.3 is 10.1 Å². The summed E-state index contributed by atoms with van der Waals surface area (Å²) in [6.07, 6.45) is 4.06. The predicted molar refractivity (Wildman–Crippen MR) is 78.6 cm³/mol. The Balaban J connectivity index is 1.98. The third-order valence-electron chi connectivity index (χ3n) is 2.98. The van der Waals surface area contributed by atoms with Crippen molar-refractivity contribution in [1.82, 2.24) is 4.98 Å². The molecular formula is C16H20N2O. The standard InChI is InChI=1S/C16H20N2O/c1-3-5-13-7-9-15(10-8-13)19-12-14-6-4-11-18-16(14)17-2/h4,6-11H,3,5,12H2,1-2H3,(H,17,18). The number of anilines is 1. The van der Waals surface area contributed by atoms with Gasteiger partial charge in [0.25, 0.3) is 0 Å². The minimum atomic E-state index is 0.525. The first kappa shape index (κ1) is 13.4. The van der Waals surface area contributed by atoms with E-state index in [1.165, 1.54) is 12.0 Å². The maximum atomic E-state index is 5.79. The SMILES string of the molecule is CCCc1ccc(OCc2cccnc2NC)cc1. The van der Waals surface area contributed by atoms with Crippen LogP contribution < -0.4 is 10.1 Å². The van der Waals surface area contributed by atoms with Crippen molar-refractivity contribution in [2.75, 3.05) is 12.4 Å². The van der Waals surface area contributed by atoms with Crippen molar-refractivity contribution in [3.8, 4) is 5.75 Å². The zero-order valence-corrected chi connectivity index (χ0v) is 11.5. The van der Waals surface area contributed by atoms with Crippen molar-refractivity contribution >= 4 is 5.82 Å². The van der Waals surface area contributed by atoms with Gasteiger partial charge in [0.15, 0.2) is 0 Å². The second kappa shape index (κ2) is 6.78. The van der Waals surface area contributed by atoms with Crippen molar-refractivity contribution in [2.24, 2.45) is 0 Å². The zero-order chi connectivity index (χ0) is 13.5. The lowest BCUT2D eigenvalue weighted by Gasteiger charge is -2.10. The van der Waals surface area contributed by atoms with Crippen LogP contribution in [0.4, 0.5) is 5.82 Å². The normalized spacial score (nSPS) is 10.2. The molecule has 0 spiro atoms. The molecule has 0 fully saturated rings. The highest BCUT2D eigenvalue weighted by atomic mass is 16.5. The smallest absolute Gasteiger partial charge is 0.132 e. The number of pyridine rings is 1. The van der Waals surface area contributed by atoms with E-state index in [4.69, 9.17) is 4.74 Å². The number of hydrogen-bond donors (Lipinski definition) is 1. The van der Waals surface area contributed by atoms with Gasteiger partial charge in [-0.3, -0.25) is 0 Å². The molecule has 0 aliphatic carbocycles. The minimum absolute atomic E-state index is 0.525. The minimum Gasteiger partial charge on any atom is -0.489 e. The summed E-state index contributed by atoms with van der Waals surface area (Å²) in [5.41, 5.74) is 2.41. The molecule has 0 unspecified atom stereocenters. The van der Waals surface area contributed by atoms with E-state index in [9.17, 15) is 0 Å². The largest absolute Gasteiger partial charge is 0.489 e. The summed E-state index contributed by atoms with van der Waals surface area (Å²) in [5, 5.41) is 3.07. The maximum Gasteiger partial charge on any atom is 0.132 e. The molecule has 0 bridgehead atoms. The van der Waals surface area contributed by atoms with Crippen molar-refractivity contribution in [1.29, 1.82) is 0 Å². The number of ether oxygens (including phenoxy) is 1. The number of aryl methyl sites for hydroxylation is 1. The molecule has 1 aromatic heterocycles. The highest BCUT2D eigenvalue weighted by molar-refractivity contribution is 5.42. The lowest BCUT2D eigenvalue weighted by Crippen LogP contribution is -2.02. The van der Waals surface area contributed by atoms with Crippen molar-refractivity contribution in [3.05, 3.63) is 53.7 Å². The molecule has 0 saturated heterocycles. The van der Waals surface area contributed by atoms with Gasteiger partial charge in [-0.1, -0.05) is 31.5 Å². The van der Waals surface area contributed by atoms with Gasteiger partial charge in [-0.25, -0.2) is 4.98 Å². The first-order valence-electron chi connectivity index (χ1n) is 6.67. The molecule has 3 nitrogen and oxygen atoms in total. The van der Waals surface area contributed by atoms with Crippen molar-refractivity contribution < 1.29 is 4.74 Å². The fourth-order valence-corrected chi connectivity index (χ4v) is 1.98. The molecule has 0 aliphatic rings. The van der Waals surface area contributed by atoms with Crippen LogP contribution in [0.15, 0.2) is 42.6 Å². The maximum absolute atomic E-state index is 5.79. The fourth-order valence-electron chi connectivity index (χ4n) is 1.98. The Labute approximate surface area is 114 Å². The molecular weight excluding hydrogens is 236 g/mol. The molecule has 0 aliphatic heterocycles. The number of aromatic nitrogens is 1. The van der Waals surface area contributed by atoms with Crippen LogP contribution in [0.1, 0.15) is 24.5 Å². The van der Waals surface area contributed by atoms with Crippen LogP contribution >= 0.6 is 0 Å². The van der Waals surface area contributed by atoms with Gasteiger partial charge >= 0.3 is 0 Å². The first-order valence-corrected chi connectivity index (χ1v) is 6.67. The van der Waals surface area contributed by atoms with Gasteiger partial charge in [0.1, 0.15) is 18.2 Å². The number of nitrogens with one attached hydrogen (secondary N) is 1. The van der Waals surface area contributed by atoms with E-state index in [2.05, 4.69) is 29.4 Å². The number of benzene rings is 1. The summed E-state index contributed by atoms with van der Waals surface area (Å²) in [6.45, 7) is 2.71. The Morgan fingerprint density at radius 2 is 1.95 bits per heavy atom. The number of rotatable bonds is 6. The Morgan fingerprint density at radius 1 is 1.16 bits per heavy atom. The molecule has 1 heterocycles. The predicted octanol–water partition coefficient (Wildman–Crippen LogP) is 3.65. The van der Waals surface area contributed by atoms with Crippen LogP contribution in [-0.2, 0) is 13.0 Å². The van der Waals surface area contributed by atoms with Crippen LogP contribution in [0.2, 0.25) is 0 Å². The summed E-state index contributed by atoms with van der Waals surface area (Å²) >= 11 is 0. The Kier molecular flexibility index (Phi) is 4.78. The van der Waals surface area contributed by atoms with Gasteiger partial charge in [0, 0.05) is 18.8 Å². The summed E-state index contributed by atoms with van der Waals surface area (Å²) in [6, 6.07) is 12.2. The Bertz CT molecular complexity index is 508. The van der Waals surface area contributed by atoms with E-state index in [0.29, 0.717) is 6.61 Å². The molecule has 19 heavy (non-hydrogen) atoms. The van der Waals surface area contributed by atoms with Gasteiger partial charge in [-0.15, -0.1) is 0 Å². The number of nitrogens with zero attached hydrogens (tertiary/aromatic N) is 1. The van der Waals surface area contributed by atoms with Crippen LogP contribution in [0, 0.1) is 0 Å². The van der Waals surface area contributed by atoms with E-state index in [0.717, 1.165) is 23.6 Å². The summed E-state index contributed by atoms with van der Waals surface area (Å²) in [4.78, 5) is 4.26. The average molecular weight is 256 g/mol. The monoisotopic (exact) mass is 256 g/mol. The molecule has 3 heteroatoms. The van der Waals surface area contributed by atoms with E-state index in [1.54, 1.807) is 6.20 Å². The van der Waals surface area contributed by atoms with Gasteiger partial charge in [0.2, 0.25) is 0 Å². The molecule has 2 rings (SSSR count). The summed E-state index contributed by atoms with van der Waals surface area (Å²) < 4.78 is 5.79. The highest BCUT2D eigenvalue weighted by Gasteiger charge is 2.02. The average Bonchev–Trinajstić information content (AvgIpc) is 2.47. The van der Waals surface area contributed by atoms with Crippen molar-refractivity contribution in [3.63, 3.8) is 0 Å². The highest BCUT2D eigenvalue weighted by Crippen LogP contribution is 2.17. The van der Waals surface area contributed by atoms with Crippen LogP contribution in [0.3, 0.4) is 0 Å². The molecule has 1 aromatic carbocycles. The number of hydrogen-bond acceptors (Lipinski definition) is 3. The van der Waals surface area contributed by atoms with Crippen LogP contribution in [0.25, 0.3) is 0 Å². The summed E-state index contributed by atoms with van der Waals surface area (Å²) in [5.74, 6) is 1.76. The van der Waals surface area contributed by atoms with E-state index in [-0.39, 0.29) is 0 Å². The third kappa shape index (κ3) is 3.71. The van der Waals surface area contributed by atoms with Gasteiger partial charge in [0.05, 0.1) is 0 Å². The second-order valence-corrected chi connectivity index (χ2v) is 4.44. The molecule has 1 N–H and O–H groups in total. The van der Waals surface area contributed by atoms with E-state index >= 15 is 0 Å². The molecule has 0 amide bonds. The third-order valence-corrected chi connectivity index (χ3v) is 2.98. The quantitative estimate of drug-likeness (QED) is 0.856. The molecule has 0 radical (unpaired) electrons. The van der Waals surface area contributed by atoms with E-state index in [1.807, 2.05) is 31.3 Å².